The number of hydrogen-bond donors (Lipinski definition) is 5. The second-order valence-electron chi connectivity index (χ2n) is 22.7. The van der Waals surface area contributed by atoms with Gasteiger partial charge in [-0.25, -0.2) is 28.3 Å². The monoisotopic (exact) mass is 1210 g/mol. The van der Waals surface area contributed by atoms with E-state index in [1.165, 1.54) is 12.1 Å². The summed E-state index contributed by atoms with van der Waals surface area (Å²) in [6.45, 7) is 11.6. The molecule has 0 aliphatic carbocycles. The van der Waals surface area contributed by atoms with Crippen molar-refractivity contribution in [1.82, 2.24) is 41.0 Å². The highest BCUT2D eigenvalue weighted by Crippen LogP contribution is 2.54. The molecule has 22 heteroatoms. The first kappa shape index (κ1) is 62.6. The zero-order valence-electron chi connectivity index (χ0n) is 49.6. The number of carbonyl (C=O) groups excluding carboxylic acids is 6. The minimum atomic E-state index is -1.23. The summed E-state index contributed by atoms with van der Waals surface area (Å²) in [6, 6.07) is 38.7. The number of halogens is 2. The topological polar surface area (TPSA) is 249 Å². The average Bonchev–Trinajstić information content (AvgIpc) is 0.840. The van der Waals surface area contributed by atoms with Crippen molar-refractivity contribution in [1.29, 1.82) is 0 Å². The predicted octanol–water partition coefficient (Wildman–Crippen LogP) is 9.11. The van der Waals surface area contributed by atoms with Gasteiger partial charge >= 0.3 is 12.1 Å². The molecule has 0 spiro atoms. The SMILES string of the molecule is CC(C)(C(=O)NC(=O)NCCO)[C@@H]1c2ccc(-c3ccc(C(=O)N4CCOCC4)cc3)nc2Oc2c(F)cccc21.CC(C)(C(=O)NC(=O)NCCOCc1ccccc1)[C@@H]1c2ccc(-c3ccc(C(=O)N4CCOCC4)cc3)nc2Oc2c(F)cccc21. The molecule has 11 rings (SSSR count). The minimum absolute atomic E-state index is 0.0112. The van der Waals surface area contributed by atoms with Crippen LogP contribution in [0.5, 0.6) is 23.3 Å². The molecular formula is C67H68F2N8O12. The minimum Gasteiger partial charge on any atom is -0.435 e. The van der Waals surface area contributed by atoms with Crippen LogP contribution < -0.4 is 30.7 Å². The molecule has 2 atom stereocenters. The molecule has 8 amide bonds. The third-order valence-corrected chi connectivity index (χ3v) is 16.0. The van der Waals surface area contributed by atoms with Crippen LogP contribution in [0, 0.1) is 22.5 Å². The van der Waals surface area contributed by atoms with Gasteiger partial charge in [0.05, 0.1) is 68.5 Å². The fourth-order valence-electron chi connectivity index (χ4n) is 11.1. The van der Waals surface area contributed by atoms with Gasteiger partial charge in [0.2, 0.25) is 23.6 Å². The molecule has 0 radical (unpaired) electrons. The van der Waals surface area contributed by atoms with Crippen molar-refractivity contribution >= 4 is 35.7 Å². The summed E-state index contributed by atoms with van der Waals surface area (Å²) >= 11 is 0. The van der Waals surface area contributed by atoms with E-state index in [0.717, 1.165) is 16.7 Å². The molecule has 7 aromatic rings. The number of morpholine rings is 2. The van der Waals surface area contributed by atoms with E-state index in [9.17, 15) is 33.2 Å². The number of nitrogens with one attached hydrogen (secondary N) is 4. The summed E-state index contributed by atoms with van der Waals surface area (Å²) < 4.78 is 58.4. The van der Waals surface area contributed by atoms with Gasteiger partial charge in [-0.1, -0.05) is 119 Å². The number of para-hydroxylation sites is 2. The number of nitrogens with zero attached hydrogens (tertiary/aromatic N) is 4. The van der Waals surface area contributed by atoms with Gasteiger partial charge in [0.25, 0.3) is 11.8 Å². The van der Waals surface area contributed by atoms with Gasteiger partial charge in [-0.3, -0.25) is 29.8 Å². The van der Waals surface area contributed by atoms with Gasteiger partial charge in [0.1, 0.15) is 0 Å². The first-order chi connectivity index (χ1) is 42.9. The Morgan fingerprint density at radius 3 is 1.39 bits per heavy atom. The number of pyridine rings is 2. The lowest BCUT2D eigenvalue weighted by Gasteiger charge is -2.37. The number of urea groups is 2. The van der Waals surface area contributed by atoms with Crippen LogP contribution >= 0.6 is 0 Å². The lowest BCUT2D eigenvalue weighted by molar-refractivity contribution is -0.129. The van der Waals surface area contributed by atoms with Gasteiger partial charge < -0.3 is 49.2 Å². The maximum atomic E-state index is 15.2. The Morgan fingerprint density at radius 2 is 0.966 bits per heavy atom. The van der Waals surface area contributed by atoms with Crippen LogP contribution in [0.15, 0.2) is 140 Å². The summed E-state index contributed by atoms with van der Waals surface area (Å²) in [5.41, 5.74) is 4.27. The number of rotatable bonds is 15. The van der Waals surface area contributed by atoms with E-state index in [0.29, 0.717) is 104 Å². The van der Waals surface area contributed by atoms with E-state index < -0.39 is 58.2 Å². The smallest absolute Gasteiger partial charge is 0.321 e. The van der Waals surface area contributed by atoms with Gasteiger partial charge in [-0.2, -0.15) is 0 Å². The summed E-state index contributed by atoms with van der Waals surface area (Å²) in [4.78, 5) is 90.4. The zero-order valence-corrected chi connectivity index (χ0v) is 49.6. The molecule has 2 aromatic heterocycles. The lowest BCUT2D eigenvalue weighted by Crippen LogP contribution is -2.48. The maximum Gasteiger partial charge on any atom is 0.321 e. The molecule has 6 heterocycles. The lowest BCUT2D eigenvalue weighted by atomic mass is 9.69. The summed E-state index contributed by atoms with van der Waals surface area (Å²) in [5, 5.41) is 18.7. The second kappa shape index (κ2) is 27.7. The summed E-state index contributed by atoms with van der Waals surface area (Å²) in [5.74, 6) is -3.62. The Bertz CT molecular complexity index is 3750. The van der Waals surface area contributed by atoms with Crippen LogP contribution in [0.1, 0.15) is 88.1 Å². The number of hydrogen-bond acceptors (Lipinski definition) is 14. The van der Waals surface area contributed by atoms with Crippen LogP contribution in [0.2, 0.25) is 0 Å². The molecule has 462 valence electrons. The van der Waals surface area contributed by atoms with Crippen LogP contribution in [-0.2, 0) is 30.4 Å². The standard InChI is InChI=1S/C37H37FN4O6.C30H31FN4O6/c1-37(2,35(44)41-36(45)39-17-20-47-23-24-7-4-3-5-8-24)31-27-9-6-10-29(38)32(27)48-33-28(31)15-16-30(40-33)25-11-13-26(14-12-25)34(43)42-18-21-46-22-19-42;1-30(2,28(38)34-29(39)32-12-15-36)24-20-4-3-5-22(31)25(20)41-26-21(24)10-11-23(33-26)18-6-8-19(9-7-18)27(37)35-13-16-40-17-14-35/h3-16,31H,17-23H2,1-2H3,(H2,39,41,44,45);3-11,24,36H,12-17H2,1-2H3,(H2,32,34,38,39)/t31-;24-/m00/s1. The molecule has 5 aromatic carbocycles. The predicted molar refractivity (Wildman–Crippen MR) is 323 cm³/mol. The maximum absolute atomic E-state index is 15.2. The summed E-state index contributed by atoms with van der Waals surface area (Å²) in [6.07, 6.45) is 0. The average molecular weight is 1220 g/mol. The number of carbonyl (C=O) groups is 6. The Morgan fingerprint density at radius 1 is 0.539 bits per heavy atom. The van der Waals surface area contributed by atoms with Crippen molar-refractivity contribution < 1.29 is 66.3 Å². The van der Waals surface area contributed by atoms with E-state index in [4.69, 9.17) is 33.8 Å². The van der Waals surface area contributed by atoms with Crippen LogP contribution in [0.25, 0.3) is 22.5 Å². The molecule has 0 unspecified atom stereocenters. The fourth-order valence-corrected chi connectivity index (χ4v) is 11.1. The third kappa shape index (κ3) is 14.1. The molecule has 5 N–H and O–H groups in total. The molecule has 4 aliphatic heterocycles. The molecule has 20 nitrogen and oxygen atoms in total. The van der Waals surface area contributed by atoms with Crippen molar-refractivity contribution in [2.45, 2.75) is 46.1 Å². The zero-order chi connectivity index (χ0) is 62.8. The van der Waals surface area contributed by atoms with Crippen molar-refractivity contribution in [3.05, 3.63) is 190 Å². The number of benzene rings is 5. The number of amides is 8. The van der Waals surface area contributed by atoms with Crippen molar-refractivity contribution in [3.8, 4) is 45.8 Å². The Balaban J connectivity index is 0.000000199. The number of aliphatic hydroxyl groups excluding tert-OH is 1. The number of aromatic nitrogens is 2. The van der Waals surface area contributed by atoms with Crippen molar-refractivity contribution in [3.63, 3.8) is 0 Å². The molecule has 0 saturated carbocycles. The third-order valence-electron chi connectivity index (χ3n) is 16.0. The first-order valence-electron chi connectivity index (χ1n) is 29.2. The van der Waals surface area contributed by atoms with Crippen molar-refractivity contribution in [2.24, 2.45) is 10.8 Å². The van der Waals surface area contributed by atoms with E-state index in [-0.39, 0.29) is 61.4 Å². The van der Waals surface area contributed by atoms with Gasteiger partial charge in [-0.15, -0.1) is 0 Å². The molecule has 2 saturated heterocycles. The highest BCUT2D eigenvalue weighted by molar-refractivity contribution is 5.99. The Kier molecular flexibility index (Phi) is 19.5. The van der Waals surface area contributed by atoms with Gasteiger partial charge in [0.15, 0.2) is 23.1 Å². The second-order valence-corrected chi connectivity index (χ2v) is 22.7. The number of ether oxygens (including phenoxy) is 5. The van der Waals surface area contributed by atoms with E-state index in [1.807, 2.05) is 36.4 Å². The van der Waals surface area contributed by atoms with Crippen LogP contribution in [0.4, 0.5) is 18.4 Å². The molecule has 89 heavy (non-hydrogen) atoms. The van der Waals surface area contributed by atoms with E-state index in [2.05, 4.69) is 26.3 Å². The van der Waals surface area contributed by atoms with Gasteiger partial charge in [0, 0.05) is 95.6 Å². The number of fused-ring (bicyclic) bond motifs is 4. The highest BCUT2D eigenvalue weighted by Gasteiger charge is 2.47. The van der Waals surface area contributed by atoms with Gasteiger partial charge in [-0.05, 0) is 54.1 Å². The highest BCUT2D eigenvalue weighted by atomic mass is 19.1. The molecular weight excluding hydrogens is 1150 g/mol. The molecule has 2 fully saturated rings. The quantitative estimate of drug-likeness (QED) is 0.0601. The fraction of sp³-hybridized carbons (Fsp3) is 0.313. The largest absolute Gasteiger partial charge is 0.435 e. The summed E-state index contributed by atoms with van der Waals surface area (Å²) in [7, 11) is 0. The van der Waals surface area contributed by atoms with Crippen LogP contribution in [-0.4, -0.2) is 139 Å². The Labute approximate surface area is 512 Å². The van der Waals surface area contributed by atoms with Crippen molar-refractivity contribution in [2.75, 3.05) is 78.9 Å². The normalized spacial score (nSPS) is 15.8. The van der Waals surface area contributed by atoms with Crippen LogP contribution in [0.3, 0.4) is 0 Å². The molecule has 4 aliphatic rings. The van der Waals surface area contributed by atoms with E-state index >= 15 is 4.39 Å². The number of imide groups is 2. The van der Waals surface area contributed by atoms with E-state index in [1.54, 1.807) is 128 Å². The number of aliphatic hydroxyl groups is 1. The molecule has 0 bridgehead atoms. The first-order valence-corrected chi connectivity index (χ1v) is 29.2. The Hall–Kier alpha value is -9.48.